The first kappa shape index (κ1) is 20.6. The molecular weight excluding hydrogens is 362 g/mol. The molecule has 0 unspecified atom stereocenters. The third-order valence-corrected chi connectivity index (χ3v) is 5.96. The number of anilines is 1. The van der Waals surface area contributed by atoms with Gasteiger partial charge in [0.25, 0.3) is 0 Å². The van der Waals surface area contributed by atoms with Crippen LogP contribution in [0, 0.1) is 32.1 Å². The highest BCUT2D eigenvalue weighted by Crippen LogP contribution is 2.22. The maximum absolute atomic E-state index is 12.7. The van der Waals surface area contributed by atoms with Crippen molar-refractivity contribution in [2.45, 2.75) is 32.6 Å². The molecule has 0 radical (unpaired) electrons. The van der Waals surface area contributed by atoms with Crippen molar-refractivity contribution in [2.75, 3.05) is 18.0 Å². The van der Waals surface area contributed by atoms with E-state index in [0.717, 1.165) is 5.56 Å². The number of carbonyl (C=O) groups is 1. The fourth-order valence-electron chi connectivity index (χ4n) is 3.21. The lowest BCUT2D eigenvalue weighted by Gasteiger charge is -2.22. The zero-order valence-electron chi connectivity index (χ0n) is 15.9. The second-order valence-electron chi connectivity index (χ2n) is 6.43. The molecule has 0 heterocycles. The van der Waals surface area contributed by atoms with Gasteiger partial charge in [-0.15, -0.1) is 0 Å². The first-order chi connectivity index (χ1) is 12.7. The Morgan fingerprint density at radius 2 is 1.74 bits per heavy atom. The molecule has 0 aliphatic carbocycles. The number of amides is 1. The Morgan fingerprint density at radius 3 is 2.30 bits per heavy atom. The van der Waals surface area contributed by atoms with Crippen LogP contribution in [0.2, 0.25) is 0 Å². The summed E-state index contributed by atoms with van der Waals surface area (Å²) in [6.07, 6.45) is 0. The molecule has 2 aromatic rings. The second-order valence-corrected chi connectivity index (χ2v) is 8.13. The summed E-state index contributed by atoms with van der Waals surface area (Å²) in [5.41, 5.74) is 3.19. The summed E-state index contributed by atoms with van der Waals surface area (Å²) in [5.74, 6) is -0.264. The second kappa shape index (κ2) is 8.33. The lowest BCUT2D eigenvalue weighted by Crippen LogP contribution is -2.38. The number of nitrogens with zero attached hydrogens (tertiary/aromatic N) is 2. The third kappa shape index (κ3) is 4.73. The molecule has 2 aromatic carbocycles. The summed E-state index contributed by atoms with van der Waals surface area (Å²) < 4.78 is 28.0. The lowest BCUT2D eigenvalue weighted by molar-refractivity contribution is -0.116. The molecule has 142 valence electrons. The van der Waals surface area contributed by atoms with E-state index in [-0.39, 0.29) is 23.9 Å². The molecule has 0 aromatic heterocycles. The van der Waals surface area contributed by atoms with Crippen LogP contribution >= 0.6 is 0 Å². The molecule has 1 amide bonds. The Kier molecular flexibility index (Phi) is 6.37. The molecule has 0 aliphatic heterocycles. The van der Waals surface area contributed by atoms with Crippen LogP contribution in [0.4, 0.5) is 5.69 Å². The molecular formula is C20H23N3O3S. The Morgan fingerprint density at radius 1 is 1.15 bits per heavy atom. The maximum Gasteiger partial charge on any atom is 0.241 e. The van der Waals surface area contributed by atoms with Crippen molar-refractivity contribution in [1.82, 2.24) is 4.72 Å². The van der Waals surface area contributed by atoms with Gasteiger partial charge >= 0.3 is 0 Å². The van der Waals surface area contributed by atoms with Crippen molar-refractivity contribution in [3.05, 3.63) is 58.7 Å². The van der Waals surface area contributed by atoms with Crippen LogP contribution in [0.1, 0.15) is 29.2 Å². The highest BCUT2D eigenvalue weighted by atomic mass is 32.2. The number of nitrogens with one attached hydrogen (secondary N) is 1. The summed E-state index contributed by atoms with van der Waals surface area (Å²) in [6, 6.07) is 12.4. The Bertz CT molecular complexity index is 984. The van der Waals surface area contributed by atoms with E-state index in [9.17, 15) is 18.5 Å². The lowest BCUT2D eigenvalue weighted by atomic mass is 10.1. The minimum Gasteiger partial charge on any atom is -0.310 e. The van der Waals surface area contributed by atoms with Gasteiger partial charge in [-0.05, 0) is 44.0 Å². The molecule has 6 nitrogen and oxygen atoms in total. The van der Waals surface area contributed by atoms with E-state index in [1.807, 2.05) is 19.1 Å². The third-order valence-electron chi connectivity index (χ3n) is 4.20. The zero-order valence-corrected chi connectivity index (χ0v) is 16.7. The van der Waals surface area contributed by atoms with Gasteiger partial charge in [0.15, 0.2) is 0 Å². The number of nitriles is 1. The van der Waals surface area contributed by atoms with Crippen LogP contribution < -0.4 is 9.62 Å². The average molecular weight is 385 g/mol. The first-order valence-corrected chi connectivity index (χ1v) is 10.0. The Labute approximate surface area is 160 Å². The number of hydrogen-bond donors (Lipinski definition) is 1. The van der Waals surface area contributed by atoms with Crippen LogP contribution in [0.15, 0.2) is 41.3 Å². The summed E-state index contributed by atoms with van der Waals surface area (Å²) >= 11 is 0. The van der Waals surface area contributed by atoms with Crippen molar-refractivity contribution >= 4 is 21.6 Å². The van der Waals surface area contributed by atoms with Crippen LogP contribution in [0.5, 0.6) is 0 Å². The summed E-state index contributed by atoms with van der Waals surface area (Å²) in [7, 11) is -3.71. The molecule has 27 heavy (non-hydrogen) atoms. The fraction of sp³-hybridized carbons (Fsp3) is 0.300. The molecule has 0 saturated carbocycles. The van der Waals surface area contributed by atoms with E-state index in [2.05, 4.69) is 10.8 Å². The SMILES string of the molecule is CC(=O)N(CCNS(=O)(=O)c1c(C)cc(C)cc1C)c1ccccc1C#N. The molecule has 1 N–H and O–H groups in total. The van der Waals surface area contributed by atoms with Gasteiger partial charge in [-0.25, -0.2) is 13.1 Å². The number of carbonyl (C=O) groups excluding carboxylic acids is 1. The van der Waals surface area contributed by atoms with Crippen LogP contribution in [-0.2, 0) is 14.8 Å². The van der Waals surface area contributed by atoms with Crippen molar-refractivity contribution in [1.29, 1.82) is 5.26 Å². The van der Waals surface area contributed by atoms with Gasteiger partial charge in [-0.1, -0.05) is 29.8 Å². The van der Waals surface area contributed by atoms with E-state index in [1.54, 1.807) is 38.1 Å². The predicted octanol–water partition coefficient (Wildman–Crippen LogP) is 2.81. The van der Waals surface area contributed by atoms with E-state index in [4.69, 9.17) is 0 Å². The Hall–Kier alpha value is -2.69. The highest BCUT2D eigenvalue weighted by molar-refractivity contribution is 7.89. The molecule has 0 fully saturated rings. The molecule has 0 spiro atoms. The first-order valence-electron chi connectivity index (χ1n) is 8.52. The number of aryl methyl sites for hydroxylation is 3. The van der Waals surface area contributed by atoms with Gasteiger partial charge in [-0.3, -0.25) is 4.79 Å². The molecule has 0 bridgehead atoms. The topological polar surface area (TPSA) is 90.3 Å². The van der Waals surface area contributed by atoms with Crippen molar-refractivity contribution in [3.8, 4) is 6.07 Å². The van der Waals surface area contributed by atoms with Crippen LogP contribution in [-0.4, -0.2) is 27.4 Å². The van der Waals surface area contributed by atoms with Crippen LogP contribution in [0.25, 0.3) is 0 Å². The number of rotatable bonds is 6. The summed E-state index contributed by atoms with van der Waals surface area (Å²) in [6.45, 7) is 6.99. The molecule has 2 rings (SSSR count). The average Bonchev–Trinajstić information content (AvgIpc) is 2.57. The standard InChI is InChI=1S/C20H23N3O3S/c1-14-11-15(2)20(16(3)12-14)27(25,26)22-9-10-23(17(4)24)19-8-6-5-7-18(19)13-21/h5-8,11-12,22H,9-10H2,1-4H3. The minimum absolute atomic E-state index is 0.0361. The van der Waals surface area contributed by atoms with Gasteiger partial charge < -0.3 is 4.90 Å². The quantitative estimate of drug-likeness (QED) is 0.828. The van der Waals surface area contributed by atoms with Gasteiger partial charge in [0, 0.05) is 20.0 Å². The normalized spacial score (nSPS) is 11.1. The number of para-hydroxylation sites is 1. The van der Waals surface area contributed by atoms with Gasteiger partial charge in [0.05, 0.1) is 16.1 Å². The van der Waals surface area contributed by atoms with Crippen molar-refractivity contribution in [3.63, 3.8) is 0 Å². The van der Waals surface area contributed by atoms with Crippen molar-refractivity contribution < 1.29 is 13.2 Å². The smallest absolute Gasteiger partial charge is 0.241 e. The zero-order chi connectivity index (χ0) is 20.2. The monoisotopic (exact) mass is 385 g/mol. The minimum atomic E-state index is -3.71. The summed E-state index contributed by atoms with van der Waals surface area (Å²) in [5, 5.41) is 9.24. The molecule has 0 saturated heterocycles. The Balaban J connectivity index is 2.20. The molecule has 0 aliphatic rings. The van der Waals surface area contributed by atoms with Crippen LogP contribution in [0.3, 0.4) is 0 Å². The number of benzene rings is 2. The maximum atomic E-state index is 12.7. The number of hydrogen-bond acceptors (Lipinski definition) is 4. The fourth-order valence-corrected chi connectivity index (χ4v) is 4.68. The van der Waals surface area contributed by atoms with E-state index >= 15 is 0 Å². The largest absolute Gasteiger partial charge is 0.310 e. The van der Waals surface area contributed by atoms with Gasteiger partial charge in [0.2, 0.25) is 15.9 Å². The van der Waals surface area contributed by atoms with Gasteiger partial charge in [-0.2, -0.15) is 5.26 Å². The van der Waals surface area contributed by atoms with E-state index in [1.165, 1.54) is 11.8 Å². The van der Waals surface area contributed by atoms with Crippen molar-refractivity contribution in [2.24, 2.45) is 0 Å². The predicted molar refractivity (Wildman–Crippen MR) is 105 cm³/mol. The molecule has 7 heteroatoms. The molecule has 0 atom stereocenters. The van der Waals surface area contributed by atoms with Gasteiger partial charge in [0.1, 0.15) is 6.07 Å². The van der Waals surface area contributed by atoms with E-state index < -0.39 is 10.0 Å². The number of sulfonamides is 1. The van der Waals surface area contributed by atoms with E-state index in [0.29, 0.717) is 22.4 Å². The highest BCUT2D eigenvalue weighted by Gasteiger charge is 2.21. The summed E-state index contributed by atoms with van der Waals surface area (Å²) in [4.78, 5) is 13.7.